The average molecular weight is 655 g/mol. The van der Waals surface area contributed by atoms with Gasteiger partial charge in [0.1, 0.15) is 5.69 Å². The maximum absolute atomic E-state index is 13.0. The molecular formula is C28H27Cl2F3N6O5. The van der Waals surface area contributed by atoms with Crippen molar-refractivity contribution in [3.8, 4) is 0 Å². The van der Waals surface area contributed by atoms with E-state index < -0.39 is 18.1 Å². The van der Waals surface area contributed by atoms with Crippen molar-refractivity contribution in [1.82, 2.24) is 20.4 Å². The van der Waals surface area contributed by atoms with Crippen LogP contribution >= 0.6 is 23.2 Å². The number of aliphatic carboxylic acids is 1. The fraction of sp³-hybridized carbons (Fsp3) is 0.250. The van der Waals surface area contributed by atoms with Crippen molar-refractivity contribution in [2.45, 2.75) is 32.1 Å². The molecule has 4 rings (SSSR count). The highest BCUT2D eigenvalue weighted by Gasteiger charge is 2.38. The third-order valence-electron chi connectivity index (χ3n) is 6.07. The van der Waals surface area contributed by atoms with Crippen LogP contribution in [0.15, 0.2) is 60.8 Å². The number of nitrogens with one attached hydrogen (secondary N) is 4. The number of amides is 3. The van der Waals surface area contributed by atoms with Crippen molar-refractivity contribution >= 4 is 58.3 Å². The SMILES string of the molecule is C/C=C/C(=O)Nc1cccc(CN2CC[C@H](NC(=O)c3[nH]ncc3NC(=O)c3c(Cl)cccc3Cl)C2)c1.O=C(O)C(F)(F)F. The minimum Gasteiger partial charge on any atom is -0.475 e. The molecule has 0 bridgehead atoms. The Morgan fingerprint density at radius 3 is 2.39 bits per heavy atom. The normalized spacial score (nSPS) is 14.9. The summed E-state index contributed by atoms with van der Waals surface area (Å²) in [6, 6.07) is 12.4. The van der Waals surface area contributed by atoms with Gasteiger partial charge in [0.25, 0.3) is 11.8 Å². The maximum atomic E-state index is 13.0. The van der Waals surface area contributed by atoms with Crippen LogP contribution in [0, 0.1) is 0 Å². The third kappa shape index (κ3) is 9.82. The lowest BCUT2D eigenvalue weighted by Crippen LogP contribution is -2.37. The number of likely N-dealkylation sites (tertiary alicyclic amines) is 1. The van der Waals surface area contributed by atoms with Crippen molar-refractivity contribution in [3.05, 3.63) is 87.7 Å². The Hall–Kier alpha value is -4.40. The molecule has 2 aromatic carbocycles. The molecule has 1 atom stereocenters. The number of hydrogen-bond acceptors (Lipinski definition) is 6. The number of carbonyl (C=O) groups is 4. The van der Waals surface area contributed by atoms with Gasteiger partial charge in [0.05, 0.1) is 27.5 Å². The molecule has 16 heteroatoms. The number of halogens is 5. The van der Waals surface area contributed by atoms with E-state index in [0.29, 0.717) is 13.1 Å². The molecule has 1 fully saturated rings. The van der Waals surface area contributed by atoms with Crippen LogP contribution < -0.4 is 16.0 Å². The molecule has 0 aliphatic carbocycles. The van der Waals surface area contributed by atoms with Gasteiger partial charge in [-0.15, -0.1) is 0 Å². The van der Waals surface area contributed by atoms with Crippen molar-refractivity contribution in [2.75, 3.05) is 23.7 Å². The van der Waals surface area contributed by atoms with E-state index in [-0.39, 0.29) is 44.8 Å². The van der Waals surface area contributed by atoms with Crippen LogP contribution in [0.2, 0.25) is 10.0 Å². The number of allylic oxidation sites excluding steroid dienone is 1. The number of aromatic nitrogens is 2. The molecular weight excluding hydrogens is 628 g/mol. The number of hydrogen-bond donors (Lipinski definition) is 5. The zero-order chi connectivity index (χ0) is 32.4. The minimum absolute atomic E-state index is 0.0741. The lowest BCUT2D eigenvalue weighted by Gasteiger charge is -2.17. The van der Waals surface area contributed by atoms with E-state index in [0.717, 1.165) is 24.2 Å². The summed E-state index contributed by atoms with van der Waals surface area (Å²) in [4.78, 5) is 48.6. The highest BCUT2D eigenvalue weighted by atomic mass is 35.5. The summed E-state index contributed by atoms with van der Waals surface area (Å²) in [5, 5.41) is 22.6. The van der Waals surface area contributed by atoms with E-state index in [4.69, 9.17) is 33.1 Å². The first-order valence-electron chi connectivity index (χ1n) is 12.9. The van der Waals surface area contributed by atoms with Crippen molar-refractivity contribution < 1.29 is 37.5 Å². The molecule has 234 valence electrons. The Balaban J connectivity index is 0.000000676. The van der Waals surface area contributed by atoms with Gasteiger partial charge in [0.15, 0.2) is 0 Å². The first-order chi connectivity index (χ1) is 20.8. The standard InChI is InChI=1S/C26H26Cl2N6O3.C2HF3O2/c1-2-5-22(35)30-17-7-3-6-16(12-17)14-34-11-10-18(15-34)31-26(37)24-21(13-29-33-24)32-25(36)23-19(27)8-4-9-20(23)28;3-2(4,5)1(6)7/h2-9,12-13,18H,10-11,14-15H2,1H3,(H,29,33)(H,30,35)(H,31,37)(H,32,36);(H,6,7)/b5-2+;/t18-;/m0./s1. The van der Waals surface area contributed by atoms with Gasteiger partial charge in [-0.25, -0.2) is 4.79 Å². The van der Waals surface area contributed by atoms with E-state index in [9.17, 15) is 27.6 Å². The van der Waals surface area contributed by atoms with Gasteiger partial charge in [-0.1, -0.05) is 47.5 Å². The molecule has 1 aromatic heterocycles. The van der Waals surface area contributed by atoms with Crippen molar-refractivity contribution in [1.29, 1.82) is 0 Å². The van der Waals surface area contributed by atoms with Crippen molar-refractivity contribution in [2.24, 2.45) is 0 Å². The Bertz CT molecular complexity index is 1530. The number of carboxylic acids is 1. The summed E-state index contributed by atoms with van der Waals surface area (Å²) in [5.74, 6) is -3.85. The Morgan fingerprint density at radius 2 is 1.75 bits per heavy atom. The van der Waals surface area contributed by atoms with Crippen LogP contribution in [-0.2, 0) is 16.1 Å². The molecule has 1 saturated heterocycles. The smallest absolute Gasteiger partial charge is 0.475 e. The number of aromatic amines is 1. The molecule has 0 saturated carbocycles. The fourth-order valence-electron chi connectivity index (χ4n) is 4.15. The summed E-state index contributed by atoms with van der Waals surface area (Å²) in [7, 11) is 0. The molecule has 11 nitrogen and oxygen atoms in total. The predicted molar refractivity (Wildman–Crippen MR) is 158 cm³/mol. The fourth-order valence-corrected chi connectivity index (χ4v) is 4.72. The number of benzene rings is 2. The topological polar surface area (TPSA) is 157 Å². The lowest BCUT2D eigenvalue weighted by atomic mass is 10.2. The number of anilines is 2. The predicted octanol–water partition coefficient (Wildman–Crippen LogP) is 5.12. The lowest BCUT2D eigenvalue weighted by molar-refractivity contribution is -0.192. The second-order valence-electron chi connectivity index (χ2n) is 9.40. The number of nitrogens with zero attached hydrogens (tertiary/aromatic N) is 2. The van der Waals surface area contributed by atoms with Gasteiger partial charge < -0.3 is 21.1 Å². The quantitative estimate of drug-likeness (QED) is 0.211. The third-order valence-corrected chi connectivity index (χ3v) is 6.70. The molecule has 1 aliphatic rings. The number of alkyl halides is 3. The maximum Gasteiger partial charge on any atom is 0.490 e. The molecule has 2 heterocycles. The molecule has 1 aliphatic heterocycles. The van der Waals surface area contributed by atoms with Crippen LogP contribution in [0.4, 0.5) is 24.5 Å². The summed E-state index contributed by atoms with van der Waals surface area (Å²) >= 11 is 12.2. The van der Waals surface area contributed by atoms with Crippen LogP contribution in [0.3, 0.4) is 0 Å². The van der Waals surface area contributed by atoms with Gasteiger partial charge in [0, 0.05) is 31.4 Å². The molecule has 0 spiro atoms. The highest BCUT2D eigenvalue weighted by Crippen LogP contribution is 2.26. The van der Waals surface area contributed by atoms with E-state index in [1.54, 1.807) is 31.2 Å². The van der Waals surface area contributed by atoms with E-state index in [1.165, 1.54) is 12.3 Å². The van der Waals surface area contributed by atoms with E-state index in [1.807, 2.05) is 24.3 Å². The van der Waals surface area contributed by atoms with Gasteiger partial charge in [0.2, 0.25) is 5.91 Å². The molecule has 3 amide bonds. The van der Waals surface area contributed by atoms with Crippen LogP contribution in [-0.4, -0.2) is 69.2 Å². The monoisotopic (exact) mass is 654 g/mol. The number of carbonyl (C=O) groups excluding carboxylic acids is 3. The van der Waals surface area contributed by atoms with E-state index >= 15 is 0 Å². The zero-order valence-corrected chi connectivity index (χ0v) is 24.6. The summed E-state index contributed by atoms with van der Waals surface area (Å²) in [6.45, 7) is 3.94. The Morgan fingerprint density at radius 1 is 1.09 bits per heavy atom. The molecule has 5 N–H and O–H groups in total. The summed E-state index contributed by atoms with van der Waals surface area (Å²) < 4.78 is 31.7. The van der Waals surface area contributed by atoms with Crippen LogP contribution in [0.25, 0.3) is 0 Å². The van der Waals surface area contributed by atoms with Gasteiger partial charge in [-0.05, 0) is 49.2 Å². The first-order valence-corrected chi connectivity index (χ1v) is 13.7. The summed E-state index contributed by atoms with van der Waals surface area (Å²) in [6.07, 6.45) is 0.213. The zero-order valence-electron chi connectivity index (χ0n) is 23.0. The molecule has 0 unspecified atom stereocenters. The number of carboxylic acid groups (broad SMARTS) is 1. The largest absolute Gasteiger partial charge is 0.490 e. The Labute approximate surface area is 259 Å². The minimum atomic E-state index is -5.08. The highest BCUT2D eigenvalue weighted by molar-refractivity contribution is 6.40. The summed E-state index contributed by atoms with van der Waals surface area (Å²) in [5.41, 5.74) is 2.28. The second-order valence-corrected chi connectivity index (χ2v) is 10.2. The van der Waals surface area contributed by atoms with Crippen molar-refractivity contribution in [3.63, 3.8) is 0 Å². The Kier molecular flexibility index (Phi) is 11.9. The average Bonchev–Trinajstić information content (AvgIpc) is 3.58. The van der Waals surface area contributed by atoms with Gasteiger partial charge in [-0.3, -0.25) is 24.4 Å². The van der Waals surface area contributed by atoms with Gasteiger partial charge >= 0.3 is 12.1 Å². The molecule has 3 aromatic rings. The molecule has 0 radical (unpaired) electrons. The van der Waals surface area contributed by atoms with Gasteiger partial charge in [-0.2, -0.15) is 18.3 Å². The van der Waals surface area contributed by atoms with Crippen LogP contribution in [0.1, 0.15) is 39.8 Å². The first kappa shape index (κ1) is 34.1. The number of rotatable bonds is 8. The second kappa shape index (κ2) is 15.4. The number of H-pyrrole nitrogens is 1. The molecule has 44 heavy (non-hydrogen) atoms. The van der Waals surface area contributed by atoms with E-state index in [2.05, 4.69) is 31.0 Å². The van der Waals surface area contributed by atoms with Crippen LogP contribution in [0.5, 0.6) is 0 Å².